The number of allylic oxidation sites excluding steroid dienone is 2. The predicted molar refractivity (Wildman–Crippen MR) is 176 cm³/mol. The van der Waals surface area contributed by atoms with Gasteiger partial charge in [0.2, 0.25) is 0 Å². The van der Waals surface area contributed by atoms with E-state index in [0.29, 0.717) is 0 Å². The molecular weight excluding hydrogens is 532 g/mol. The largest absolute Gasteiger partial charge is 0.256 e. The van der Waals surface area contributed by atoms with Gasteiger partial charge in [0.1, 0.15) is 0 Å². The standard InChI is InChI=1S/C42H24N2/c1-10-22-36-25(12-1)24-35-40(44-36)29-16-5-9-20-33(29)42(35)31-18-7-3-14-27(31)37-38(42)26-13-2-6-17-30(26)41(37)32-19-8-4-15-28(32)39-34(41)21-11-23-43-39/h1-24H. The molecule has 2 nitrogen and oxygen atoms in total. The summed E-state index contributed by atoms with van der Waals surface area (Å²) < 4.78 is 0. The normalized spacial score (nSPS) is 20.8. The molecule has 0 bridgehead atoms. The molecule has 4 aliphatic carbocycles. The Kier molecular flexibility index (Phi) is 3.99. The van der Waals surface area contributed by atoms with E-state index in [1.54, 1.807) is 0 Å². The van der Waals surface area contributed by atoms with Crippen LogP contribution < -0.4 is 0 Å². The summed E-state index contributed by atoms with van der Waals surface area (Å²) in [7, 11) is 0. The third-order valence-electron chi connectivity index (χ3n) is 10.7. The van der Waals surface area contributed by atoms with Crippen molar-refractivity contribution in [3.8, 4) is 22.5 Å². The van der Waals surface area contributed by atoms with E-state index in [1.807, 2.05) is 6.20 Å². The Morgan fingerprint density at radius 3 is 1.52 bits per heavy atom. The van der Waals surface area contributed by atoms with Crippen molar-refractivity contribution < 1.29 is 0 Å². The molecule has 2 heterocycles. The van der Waals surface area contributed by atoms with E-state index in [-0.39, 0.29) is 0 Å². The van der Waals surface area contributed by atoms with Crippen molar-refractivity contribution in [1.29, 1.82) is 0 Å². The van der Waals surface area contributed by atoms with Gasteiger partial charge in [-0.1, -0.05) is 121 Å². The molecule has 2 unspecified atom stereocenters. The van der Waals surface area contributed by atoms with Crippen molar-refractivity contribution in [2.24, 2.45) is 0 Å². The van der Waals surface area contributed by atoms with Crippen molar-refractivity contribution >= 4 is 22.0 Å². The quantitative estimate of drug-likeness (QED) is 0.186. The number of benzene rings is 5. The lowest BCUT2D eigenvalue weighted by molar-refractivity contribution is 0.824. The summed E-state index contributed by atoms with van der Waals surface area (Å²) in [6.45, 7) is 0. The number of aromatic nitrogens is 2. The van der Waals surface area contributed by atoms with Gasteiger partial charge in [-0.05, 0) is 73.9 Å². The fourth-order valence-corrected chi connectivity index (χ4v) is 9.35. The first-order valence-electron chi connectivity index (χ1n) is 15.3. The predicted octanol–water partition coefficient (Wildman–Crippen LogP) is 9.20. The highest BCUT2D eigenvalue weighted by Gasteiger charge is 2.63. The maximum atomic E-state index is 5.39. The molecule has 0 radical (unpaired) electrons. The van der Waals surface area contributed by atoms with Crippen LogP contribution in [0.3, 0.4) is 0 Å². The summed E-state index contributed by atoms with van der Waals surface area (Å²) in [5.41, 5.74) is 18.0. The van der Waals surface area contributed by atoms with Crippen molar-refractivity contribution in [2.45, 2.75) is 10.8 Å². The molecular formula is C42H24N2. The molecule has 0 amide bonds. The second kappa shape index (κ2) is 7.67. The maximum Gasteiger partial charge on any atom is 0.0761 e. The van der Waals surface area contributed by atoms with Crippen LogP contribution in [0.25, 0.3) is 44.6 Å². The first kappa shape index (κ1) is 22.9. The highest BCUT2D eigenvalue weighted by molar-refractivity contribution is 6.19. The van der Waals surface area contributed by atoms with E-state index < -0.39 is 10.8 Å². The van der Waals surface area contributed by atoms with Crippen LogP contribution in [0.15, 0.2) is 146 Å². The highest BCUT2D eigenvalue weighted by atomic mass is 14.8. The van der Waals surface area contributed by atoms with Crippen LogP contribution in [0.1, 0.15) is 44.5 Å². The van der Waals surface area contributed by atoms with E-state index in [2.05, 4.69) is 140 Å². The zero-order valence-corrected chi connectivity index (χ0v) is 23.8. The Bertz CT molecular complexity index is 2420. The summed E-state index contributed by atoms with van der Waals surface area (Å²) >= 11 is 0. The fourth-order valence-electron chi connectivity index (χ4n) is 9.35. The Balaban J connectivity index is 1.40. The SMILES string of the molecule is c1ccc2c(c1)C1=C(c3ccccc3C13c1ccccc1-c1nc4ccccc4cc13)C21c2ccccc2-c2ncccc21. The lowest BCUT2D eigenvalue weighted by atomic mass is 9.66. The van der Waals surface area contributed by atoms with Crippen LogP contribution in [-0.4, -0.2) is 9.97 Å². The lowest BCUT2D eigenvalue weighted by Crippen LogP contribution is -2.28. The topological polar surface area (TPSA) is 25.8 Å². The van der Waals surface area contributed by atoms with Gasteiger partial charge in [-0.2, -0.15) is 0 Å². The highest BCUT2D eigenvalue weighted by Crippen LogP contribution is 2.74. The zero-order chi connectivity index (χ0) is 28.6. The van der Waals surface area contributed by atoms with E-state index >= 15 is 0 Å². The number of rotatable bonds is 0. The smallest absolute Gasteiger partial charge is 0.0761 e. The summed E-state index contributed by atoms with van der Waals surface area (Å²) in [6, 6.07) is 51.6. The van der Waals surface area contributed by atoms with E-state index in [0.717, 1.165) is 16.9 Å². The van der Waals surface area contributed by atoms with Crippen LogP contribution in [-0.2, 0) is 10.8 Å². The molecule has 11 rings (SSSR count). The Labute approximate surface area is 255 Å². The molecule has 0 saturated heterocycles. The average molecular weight is 557 g/mol. The molecule has 2 atom stereocenters. The molecule has 0 saturated carbocycles. The van der Waals surface area contributed by atoms with Gasteiger partial charge in [0.25, 0.3) is 0 Å². The number of para-hydroxylation sites is 1. The van der Waals surface area contributed by atoms with Gasteiger partial charge < -0.3 is 0 Å². The molecule has 44 heavy (non-hydrogen) atoms. The molecule has 2 heteroatoms. The molecule has 7 aromatic rings. The Hall–Kier alpha value is -5.60. The summed E-state index contributed by atoms with van der Waals surface area (Å²) in [5, 5.41) is 1.17. The van der Waals surface area contributed by atoms with Crippen molar-refractivity contribution in [3.63, 3.8) is 0 Å². The van der Waals surface area contributed by atoms with Crippen LogP contribution in [0.5, 0.6) is 0 Å². The second-order valence-electron chi connectivity index (χ2n) is 12.4. The molecule has 5 aromatic carbocycles. The van der Waals surface area contributed by atoms with E-state index in [9.17, 15) is 0 Å². The number of hydrogen-bond acceptors (Lipinski definition) is 2. The second-order valence-corrected chi connectivity index (χ2v) is 12.4. The summed E-state index contributed by atoms with van der Waals surface area (Å²) in [6.07, 6.45) is 1.94. The number of pyridine rings is 2. The third-order valence-corrected chi connectivity index (χ3v) is 10.7. The van der Waals surface area contributed by atoms with Crippen molar-refractivity contribution in [3.05, 3.63) is 190 Å². The van der Waals surface area contributed by atoms with E-state index in [1.165, 1.54) is 72.2 Å². The summed E-state index contributed by atoms with van der Waals surface area (Å²) in [4.78, 5) is 10.4. The number of hydrogen-bond donors (Lipinski definition) is 0. The van der Waals surface area contributed by atoms with Crippen molar-refractivity contribution in [2.75, 3.05) is 0 Å². The molecule has 4 aliphatic rings. The van der Waals surface area contributed by atoms with Crippen LogP contribution in [0.4, 0.5) is 0 Å². The van der Waals surface area contributed by atoms with Gasteiger partial charge in [-0.25, -0.2) is 4.98 Å². The Morgan fingerprint density at radius 2 is 0.864 bits per heavy atom. The van der Waals surface area contributed by atoms with Gasteiger partial charge in [-0.3, -0.25) is 4.98 Å². The first-order chi connectivity index (χ1) is 21.8. The van der Waals surface area contributed by atoms with Crippen LogP contribution in [0, 0.1) is 0 Å². The average Bonchev–Trinajstić information content (AvgIpc) is 3.76. The van der Waals surface area contributed by atoms with Gasteiger partial charge in [-0.15, -0.1) is 0 Å². The van der Waals surface area contributed by atoms with Crippen LogP contribution in [0.2, 0.25) is 0 Å². The minimum Gasteiger partial charge on any atom is -0.256 e. The van der Waals surface area contributed by atoms with Crippen molar-refractivity contribution in [1.82, 2.24) is 9.97 Å². The lowest BCUT2D eigenvalue weighted by Gasteiger charge is -2.34. The third kappa shape index (κ3) is 2.31. The molecule has 0 fully saturated rings. The van der Waals surface area contributed by atoms with Gasteiger partial charge in [0, 0.05) is 22.7 Å². The molecule has 0 N–H and O–H groups in total. The molecule has 0 aliphatic heterocycles. The van der Waals surface area contributed by atoms with Gasteiger partial charge in [0.15, 0.2) is 0 Å². The Morgan fingerprint density at radius 1 is 0.386 bits per heavy atom. The number of fused-ring (bicyclic) bond motifs is 19. The molecule has 2 aromatic heterocycles. The van der Waals surface area contributed by atoms with E-state index in [4.69, 9.17) is 9.97 Å². The minimum atomic E-state index is -0.492. The monoisotopic (exact) mass is 556 g/mol. The van der Waals surface area contributed by atoms with Crippen LogP contribution >= 0.6 is 0 Å². The minimum absolute atomic E-state index is 0.465. The molecule has 2 spiro atoms. The van der Waals surface area contributed by atoms with Gasteiger partial charge >= 0.3 is 0 Å². The first-order valence-corrected chi connectivity index (χ1v) is 15.3. The van der Waals surface area contributed by atoms with Gasteiger partial charge in [0.05, 0.1) is 27.7 Å². The number of nitrogens with zero attached hydrogens (tertiary/aromatic N) is 2. The summed E-state index contributed by atoms with van der Waals surface area (Å²) in [5.74, 6) is 0. The maximum absolute atomic E-state index is 5.39. The fraction of sp³-hybridized carbons (Fsp3) is 0.0476. The molecule has 202 valence electrons. The zero-order valence-electron chi connectivity index (χ0n) is 23.8.